The lowest BCUT2D eigenvalue weighted by Gasteiger charge is -2.42. The van der Waals surface area contributed by atoms with Crippen LogP contribution < -0.4 is 5.32 Å². The highest BCUT2D eigenvalue weighted by Crippen LogP contribution is 2.37. The van der Waals surface area contributed by atoms with Crippen LogP contribution in [0.2, 0.25) is 0 Å². The molecular formula is C16H23FN2O. The van der Waals surface area contributed by atoms with E-state index in [4.69, 9.17) is 4.74 Å². The minimum absolute atomic E-state index is 0.0652. The van der Waals surface area contributed by atoms with Crippen molar-refractivity contribution in [1.82, 2.24) is 10.2 Å². The molecule has 0 spiro atoms. The maximum atomic E-state index is 14.3. The van der Waals surface area contributed by atoms with E-state index in [0.29, 0.717) is 0 Å². The molecule has 0 unspecified atom stereocenters. The summed E-state index contributed by atoms with van der Waals surface area (Å²) in [6.45, 7) is 6.58. The van der Waals surface area contributed by atoms with Crippen molar-refractivity contribution in [3.8, 4) is 0 Å². The maximum Gasteiger partial charge on any atom is 0.127 e. The Balaban J connectivity index is 1.85. The molecule has 1 aromatic rings. The van der Waals surface area contributed by atoms with Gasteiger partial charge < -0.3 is 10.1 Å². The number of rotatable bonds is 3. The van der Waals surface area contributed by atoms with Gasteiger partial charge in [-0.25, -0.2) is 4.39 Å². The second kappa shape index (κ2) is 6.20. The summed E-state index contributed by atoms with van der Waals surface area (Å²) in [5.41, 5.74) is 0.794. The number of nitrogens with one attached hydrogen (secondary N) is 1. The van der Waals surface area contributed by atoms with Crippen LogP contribution in [-0.4, -0.2) is 50.8 Å². The van der Waals surface area contributed by atoms with E-state index in [1.165, 1.54) is 0 Å². The van der Waals surface area contributed by atoms with Gasteiger partial charge in [0, 0.05) is 51.4 Å². The van der Waals surface area contributed by atoms with Crippen LogP contribution in [0.3, 0.4) is 0 Å². The number of nitrogens with zero attached hydrogens (tertiary/aromatic N) is 1. The lowest BCUT2D eigenvalue weighted by Crippen LogP contribution is -2.51. The van der Waals surface area contributed by atoms with E-state index in [0.717, 1.165) is 64.3 Å². The Bertz CT molecular complexity index is 440. The fourth-order valence-corrected chi connectivity index (χ4v) is 3.46. The van der Waals surface area contributed by atoms with Gasteiger partial charge in [0.2, 0.25) is 0 Å². The normalized spacial score (nSPS) is 23.6. The van der Waals surface area contributed by atoms with Gasteiger partial charge in [-0.05, 0) is 24.5 Å². The molecule has 2 heterocycles. The van der Waals surface area contributed by atoms with Gasteiger partial charge in [0.05, 0.1) is 0 Å². The van der Waals surface area contributed by atoms with Crippen molar-refractivity contribution >= 4 is 0 Å². The average molecular weight is 278 g/mol. The summed E-state index contributed by atoms with van der Waals surface area (Å²) in [6, 6.07) is 7.28. The Hall–Kier alpha value is -0.970. The summed E-state index contributed by atoms with van der Waals surface area (Å²) in [5, 5.41) is 3.38. The predicted octanol–water partition coefficient (Wildman–Crippen LogP) is 1.78. The Morgan fingerprint density at radius 3 is 2.55 bits per heavy atom. The first kappa shape index (κ1) is 14.0. The van der Waals surface area contributed by atoms with E-state index >= 15 is 0 Å². The summed E-state index contributed by atoms with van der Waals surface area (Å²) >= 11 is 0. The highest BCUT2D eigenvalue weighted by Gasteiger charge is 2.38. The molecule has 3 nitrogen and oxygen atoms in total. The summed E-state index contributed by atoms with van der Waals surface area (Å²) in [7, 11) is 0. The smallest absolute Gasteiger partial charge is 0.127 e. The molecule has 0 bridgehead atoms. The summed E-state index contributed by atoms with van der Waals surface area (Å²) in [5.74, 6) is -0.0652. The first-order valence-electron chi connectivity index (χ1n) is 7.56. The van der Waals surface area contributed by atoms with Crippen molar-refractivity contribution < 1.29 is 9.13 Å². The van der Waals surface area contributed by atoms with Crippen LogP contribution in [0.15, 0.2) is 24.3 Å². The molecule has 110 valence electrons. The van der Waals surface area contributed by atoms with E-state index < -0.39 is 0 Å². The molecule has 20 heavy (non-hydrogen) atoms. The number of halogens is 1. The fourth-order valence-electron chi connectivity index (χ4n) is 3.46. The Morgan fingerprint density at radius 2 is 1.85 bits per heavy atom. The van der Waals surface area contributed by atoms with Gasteiger partial charge in [-0.1, -0.05) is 18.2 Å². The third-order valence-corrected chi connectivity index (χ3v) is 4.63. The van der Waals surface area contributed by atoms with Crippen molar-refractivity contribution in [2.75, 3.05) is 45.9 Å². The zero-order valence-electron chi connectivity index (χ0n) is 11.9. The summed E-state index contributed by atoms with van der Waals surface area (Å²) in [4.78, 5) is 2.47. The number of ether oxygens (including phenoxy) is 1. The number of hydrogen-bond acceptors (Lipinski definition) is 3. The minimum Gasteiger partial charge on any atom is -0.381 e. The first-order valence-corrected chi connectivity index (χ1v) is 7.56. The molecule has 0 atom stereocenters. The zero-order chi connectivity index (χ0) is 13.8. The van der Waals surface area contributed by atoms with Crippen LogP contribution in [0.4, 0.5) is 4.39 Å². The van der Waals surface area contributed by atoms with Crippen LogP contribution >= 0.6 is 0 Å². The number of hydrogen-bond donors (Lipinski definition) is 1. The SMILES string of the molecule is Fc1ccccc1C1(CN2CCNCC2)CCOCC1. The number of piperazine rings is 1. The molecule has 0 aliphatic carbocycles. The molecule has 2 aliphatic rings. The molecule has 0 aromatic heterocycles. The highest BCUT2D eigenvalue weighted by atomic mass is 19.1. The maximum absolute atomic E-state index is 14.3. The molecule has 3 rings (SSSR count). The largest absolute Gasteiger partial charge is 0.381 e. The fraction of sp³-hybridized carbons (Fsp3) is 0.625. The van der Waals surface area contributed by atoms with Crippen LogP contribution in [-0.2, 0) is 10.2 Å². The van der Waals surface area contributed by atoms with Crippen LogP contribution in [0.25, 0.3) is 0 Å². The van der Waals surface area contributed by atoms with E-state index in [1.807, 2.05) is 12.1 Å². The monoisotopic (exact) mass is 278 g/mol. The van der Waals surface area contributed by atoms with E-state index in [9.17, 15) is 4.39 Å². The molecule has 2 saturated heterocycles. The molecule has 4 heteroatoms. The topological polar surface area (TPSA) is 24.5 Å². The van der Waals surface area contributed by atoms with E-state index in [-0.39, 0.29) is 11.2 Å². The van der Waals surface area contributed by atoms with Gasteiger partial charge in [-0.15, -0.1) is 0 Å². The molecular weight excluding hydrogens is 255 g/mol. The first-order chi connectivity index (χ1) is 9.80. The summed E-state index contributed by atoms with van der Waals surface area (Å²) in [6.07, 6.45) is 1.83. The van der Waals surface area contributed by atoms with Gasteiger partial charge in [0.15, 0.2) is 0 Å². The van der Waals surface area contributed by atoms with E-state index in [1.54, 1.807) is 12.1 Å². The lowest BCUT2D eigenvalue weighted by molar-refractivity contribution is 0.0307. The van der Waals surface area contributed by atoms with Gasteiger partial charge in [0.25, 0.3) is 0 Å². The molecule has 1 N–H and O–H groups in total. The quantitative estimate of drug-likeness (QED) is 0.912. The molecule has 2 fully saturated rings. The zero-order valence-corrected chi connectivity index (χ0v) is 11.9. The lowest BCUT2D eigenvalue weighted by atomic mass is 9.73. The molecule has 2 aliphatic heterocycles. The molecule has 0 amide bonds. The summed E-state index contributed by atoms with van der Waals surface area (Å²) < 4.78 is 19.8. The Morgan fingerprint density at radius 1 is 1.15 bits per heavy atom. The van der Waals surface area contributed by atoms with Gasteiger partial charge >= 0.3 is 0 Å². The predicted molar refractivity (Wildman–Crippen MR) is 77.4 cm³/mol. The third-order valence-electron chi connectivity index (χ3n) is 4.63. The minimum atomic E-state index is -0.0824. The number of benzene rings is 1. The highest BCUT2D eigenvalue weighted by molar-refractivity contribution is 5.28. The molecule has 1 aromatic carbocycles. The second-order valence-electron chi connectivity index (χ2n) is 5.90. The van der Waals surface area contributed by atoms with Crippen molar-refractivity contribution in [3.05, 3.63) is 35.6 Å². The van der Waals surface area contributed by atoms with Crippen LogP contribution in [0, 0.1) is 5.82 Å². The van der Waals surface area contributed by atoms with Crippen molar-refractivity contribution in [1.29, 1.82) is 0 Å². The van der Waals surface area contributed by atoms with Crippen molar-refractivity contribution in [2.45, 2.75) is 18.3 Å². The van der Waals surface area contributed by atoms with Crippen molar-refractivity contribution in [2.24, 2.45) is 0 Å². The van der Waals surface area contributed by atoms with Crippen molar-refractivity contribution in [3.63, 3.8) is 0 Å². The van der Waals surface area contributed by atoms with Crippen LogP contribution in [0.1, 0.15) is 18.4 Å². The second-order valence-corrected chi connectivity index (χ2v) is 5.90. The van der Waals surface area contributed by atoms with Crippen LogP contribution in [0.5, 0.6) is 0 Å². The third kappa shape index (κ3) is 2.87. The Kier molecular flexibility index (Phi) is 4.34. The molecule has 0 radical (unpaired) electrons. The molecule has 0 saturated carbocycles. The average Bonchev–Trinajstić information content (AvgIpc) is 2.49. The van der Waals surface area contributed by atoms with Gasteiger partial charge in [-0.3, -0.25) is 4.90 Å². The van der Waals surface area contributed by atoms with E-state index in [2.05, 4.69) is 10.2 Å². The standard InChI is InChI=1S/C16H23FN2O/c17-15-4-2-1-3-14(15)16(5-11-20-12-6-16)13-19-9-7-18-8-10-19/h1-4,18H,5-13H2. The van der Waals surface area contributed by atoms with Gasteiger partial charge in [0.1, 0.15) is 5.82 Å². The Labute approximate surface area is 120 Å². The van der Waals surface area contributed by atoms with Gasteiger partial charge in [-0.2, -0.15) is 0 Å².